The first kappa shape index (κ1) is 16.0. The highest BCUT2D eigenvalue weighted by molar-refractivity contribution is 6.58. The standard InChI is InChI=1S/C12H12BN3O3.ClH/c14-11-5-2-6-15-12(11)16(8-17)10-4-1-3-9(7-10)13(18)19;/h1-8,18-19H,14H2;1H. The van der Waals surface area contributed by atoms with Gasteiger partial charge in [0.05, 0.1) is 5.69 Å². The van der Waals surface area contributed by atoms with Crippen molar-refractivity contribution < 1.29 is 14.8 Å². The molecule has 0 aliphatic heterocycles. The van der Waals surface area contributed by atoms with Crippen molar-refractivity contribution in [3.05, 3.63) is 42.6 Å². The average Bonchev–Trinajstić information content (AvgIpc) is 2.42. The second-order valence-corrected chi connectivity index (χ2v) is 3.86. The molecule has 0 bridgehead atoms. The summed E-state index contributed by atoms with van der Waals surface area (Å²) in [4.78, 5) is 16.5. The molecule has 1 aromatic heterocycles. The second-order valence-electron chi connectivity index (χ2n) is 3.86. The van der Waals surface area contributed by atoms with Crippen LogP contribution >= 0.6 is 12.4 Å². The van der Waals surface area contributed by atoms with Gasteiger partial charge in [0, 0.05) is 11.9 Å². The van der Waals surface area contributed by atoms with Gasteiger partial charge in [-0.1, -0.05) is 12.1 Å². The highest BCUT2D eigenvalue weighted by Gasteiger charge is 2.16. The van der Waals surface area contributed by atoms with Crippen LogP contribution in [0.2, 0.25) is 0 Å². The maximum Gasteiger partial charge on any atom is 0.488 e. The molecule has 8 heteroatoms. The minimum atomic E-state index is -1.60. The summed E-state index contributed by atoms with van der Waals surface area (Å²) < 4.78 is 0. The Morgan fingerprint density at radius 3 is 2.60 bits per heavy atom. The summed E-state index contributed by atoms with van der Waals surface area (Å²) in [6.07, 6.45) is 2.09. The number of benzene rings is 1. The fourth-order valence-corrected chi connectivity index (χ4v) is 1.68. The monoisotopic (exact) mass is 293 g/mol. The van der Waals surface area contributed by atoms with E-state index in [1.54, 1.807) is 30.3 Å². The molecule has 6 nitrogen and oxygen atoms in total. The van der Waals surface area contributed by atoms with Gasteiger partial charge in [-0.05, 0) is 29.7 Å². The lowest BCUT2D eigenvalue weighted by Crippen LogP contribution is -2.30. The van der Waals surface area contributed by atoms with Gasteiger partial charge >= 0.3 is 7.12 Å². The maximum absolute atomic E-state index is 11.2. The number of nitrogens with two attached hydrogens (primary N) is 1. The first-order valence-corrected chi connectivity index (χ1v) is 5.54. The van der Waals surface area contributed by atoms with Crippen LogP contribution in [0, 0.1) is 0 Å². The van der Waals surface area contributed by atoms with E-state index in [1.807, 2.05) is 0 Å². The van der Waals surface area contributed by atoms with Crippen LogP contribution in [0.25, 0.3) is 0 Å². The van der Waals surface area contributed by atoms with Gasteiger partial charge in [-0.2, -0.15) is 0 Å². The number of anilines is 3. The quantitative estimate of drug-likeness (QED) is 0.547. The predicted molar refractivity (Wildman–Crippen MR) is 80.4 cm³/mol. The largest absolute Gasteiger partial charge is 0.488 e. The third-order valence-electron chi connectivity index (χ3n) is 2.60. The van der Waals surface area contributed by atoms with Gasteiger partial charge in [0.1, 0.15) is 0 Å². The van der Waals surface area contributed by atoms with E-state index in [1.165, 1.54) is 17.2 Å². The molecule has 0 spiro atoms. The Morgan fingerprint density at radius 2 is 2.00 bits per heavy atom. The number of carbonyl (C=O) groups excluding carboxylic acids is 1. The second kappa shape index (κ2) is 6.90. The molecular formula is C12H13BClN3O3. The van der Waals surface area contributed by atoms with Crippen LogP contribution in [0.5, 0.6) is 0 Å². The molecule has 0 unspecified atom stereocenters. The summed E-state index contributed by atoms with van der Waals surface area (Å²) in [5.41, 5.74) is 6.85. The summed E-state index contributed by atoms with van der Waals surface area (Å²) in [5, 5.41) is 18.3. The third kappa shape index (κ3) is 3.27. The van der Waals surface area contributed by atoms with E-state index >= 15 is 0 Å². The normalized spacial score (nSPS) is 9.50. The number of rotatable bonds is 4. The van der Waals surface area contributed by atoms with E-state index in [-0.39, 0.29) is 17.9 Å². The number of nitrogens with zero attached hydrogens (tertiary/aromatic N) is 2. The minimum absolute atomic E-state index is 0. The molecule has 0 aliphatic carbocycles. The summed E-state index contributed by atoms with van der Waals surface area (Å²) in [6.45, 7) is 0. The van der Waals surface area contributed by atoms with Crippen LogP contribution in [0.3, 0.4) is 0 Å². The molecular weight excluding hydrogens is 280 g/mol. The number of hydrogen-bond acceptors (Lipinski definition) is 5. The smallest absolute Gasteiger partial charge is 0.423 e. The molecule has 0 atom stereocenters. The zero-order valence-corrected chi connectivity index (χ0v) is 11.2. The lowest BCUT2D eigenvalue weighted by atomic mass is 9.80. The van der Waals surface area contributed by atoms with Crippen molar-refractivity contribution in [3.8, 4) is 0 Å². The van der Waals surface area contributed by atoms with Crippen LogP contribution in [0.4, 0.5) is 17.2 Å². The maximum atomic E-state index is 11.2. The summed E-state index contributed by atoms with van der Waals surface area (Å²) >= 11 is 0. The van der Waals surface area contributed by atoms with Crippen LogP contribution in [-0.4, -0.2) is 28.6 Å². The Hall–Kier alpha value is -2.09. The first-order chi connectivity index (χ1) is 9.13. The van der Waals surface area contributed by atoms with Gasteiger partial charge in [-0.25, -0.2) is 4.98 Å². The molecule has 0 radical (unpaired) electrons. The Balaban J connectivity index is 0.00000200. The number of nitrogen functional groups attached to an aromatic ring is 1. The lowest BCUT2D eigenvalue weighted by Gasteiger charge is -2.18. The van der Waals surface area contributed by atoms with Crippen molar-refractivity contribution in [2.75, 3.05) is 10.6 Å². The molecule has 2 aromatic rings. The number of pyridine rings is 1. The fourth-order valence-electron chi connectivity index (χ4n) is 1.68. The number of hydrogen-bond donors (Lipinski definition) is 3. The highest BCUT2D eigenvalue weighted by atomic mass is 35.5. The minimum Gasteiger partial charge on any atom is -0.423 e. The zero-order valence-electron chi connectivity index (χ0n) is 10.4. The van der Waals surface area contributed by atoms with Crippen molar-refractivity contribution in [3.63, 3.8) is 0 Å². The van der Waals surface area contributed by atoms with E-state index in [0.717, 1.165) is 0 Å². The van der Waals surface area contributed by atoms with Gasteiger partial charge in [0.25, 0.3) is 0 Å². The molecule has 1 heterocycles. The van der Waals surface area contributed by atoms with Crippen LogP contribution in [0.15, 0.2) is 42.6 Å². The van der Waals surface area contributed by atoms with Gasteiger partial charge in [0.2, 0.25) is 6.41 Å². The molecule has 20 heavy (non-hydrogen) atoms. The Bertz CT molecular complexity index is 598. The van der Waals surface area contributed by atoms with Gasteiger partial charge < -0.3 is 15.8 Å². The number of halogens is 1. The average molecular weight is 294 g/mol. The van der Waals surface area contributed by atoms with Crippen LogP contribution < -0.4 is 16.1 Å². The van der Waals surface area contributed by atoms with E-state index in [0.29, 0.717) is 23.6 Å². The summed E-state index contributed by atoms with van der Waals surface area (Å²) in [6, 6.07) is 9.57. The molecule has 2 rings (SSSR count). The Labute approximate surface area is 122 Å². The Kier molecular flexibility index (Phi) is 5.51. The fraction of sp³-hybridized carbons (Fsp3) is 0. The van der Waals surface area contributed by atoms with Gasteiger partial charge in [-0.15, -0.1) is 12.4 Å². The molecule has 104 valence electrons. The Morgan fingerprint density at radius 1 is 1.25 bits per heavy atom. The zero-order chi connectivity index (χ0) is 13.8. The molecule has 1 aromatic carbocycles. The molecule has 1 amide bonds. The van der Waals surface area contributed by atoms with Crippen molar-refractivity contribution in [1.82, 2.24) is 4.98 Å². The van der Waals surface area contributed by atoms with E-state index in [4.69, 9.17) is 15.8 Å². The van der Waals surface area contributed by atoms with Crippen molar-refractivity contribution >= 4 is 48.6 Å². The molecule has 0 fully saturated rings. The SMILES string of the molecule is Cl.Nc1cccnc1N(C=O)c1cccc(B(O)O)c1. The van der Waals surface area contributed by atoms with Crippen LogP contribution in [-0.2, 0) is 4.79 Å². The summed E-state index contributed by atoms with van der Waals surface area (Å²) in [5.74, 6) is 0.294. The van der Waals surface area contributed by atoms with Crippen molar-refractivity contribution in [2.24, 2.45) is 0 Å². The molecule has 4 N–H and O–H groups in total. The third-order valence-corrected chi connectivity index (χ3v) is 2.60. The first-order valence-electron chi connectivity index (χ1n) is 5.54. The number of amides is 1. The van der Waals surface area contributed by atoms with E-state index in [9.17, 15) is 4.79 Å². The lowest BCUT2D eigenvalue weighted by molar-refractivity contribution is -0.106. The van der Waals surface area contributed by atoms with Gasteiger partial charge in [-0.3, -0.25) is 9.69 Å². The summed E-state index contributed by atoms with van der Waals surface area (Å²) in [7, 11) is -1.60. The number of carbonyl (C=O) groups is 1. The highest BCUT2D eigenvalue weighted by Crippen LogP contribution is 2.25. The van der Waals surface area contributed by atoms with Crippen LogP contribution in [0.1, 0.15) is 0 Å². The van der Waals surface area contributed by atoms with Crippen molar-refractivity contribution in [1.29, 1.82) is 0 Å². The number of aromatic nitrogens is 1. The van der Waals surface area contributed by atoms with E-state index in [2.05, 4.69) is 4.98 Å². The molecule has 0 saturated heterocycles. The van der Waals surface area contributed by atoms with Crippen molar-refractivity contribution in [2.45, 2.75) is 0 Å². The predicted octanol–water partition coefficient (Wildman–Crippen LogP) is 0.0599. The molecule has 0 aliphatic rings. The van der Waals surface area contributed by atoms with Gasteiger partial charge in [0.15, 0.2) is 5.82 Å². The van der Waals surface area contributed by atoms with E-state index < -0.39 is 7.12 Å². The topological polar surface area (TPSA) is 99.7 Å². The molecule has 0 saturated carbocycles.